The fraction of sp³-hybridized carbons (Fsp3) is 0.0714. The molecule has 0 fully saturated rings. The number of hydrogen-bond donors (Lipinski definition) is 1. The summed E-state index contributed by atoms with van der Waals surface area (Å²) in [7, 11) is 1.22. The van der Waals surface area contributed by atoms with E-state index in [0.717, 1.165) is 0 Å². The van der Waals surface area contributed by atoms with Gasteiger partial charge in [0.1, 0.15) is 11.3 Å². The van der Waals surface area contributed by atoms with Crippen LogP contribution >= 0.6 is 0 Å². The Kier molecular flexibility index (Phi) is 3.65. The van der Waals surface area contributed by atoms with E-state index < -0.39 is 10.9 Å². The number of ether oxygens (including phenoxy) is 1. The Morgan fingerprint density at radius 3 is 2.40 bits per heavy atom. The lowest BCUT2D eigenvalue weighted by atomic mass is 9.98. The van der Waals surface area contributed by atoms with Crippen molar-refractivity contribution in [3.63, 3.8) is 0 Å². The summed E-state index contributed by atoms with van der Waals surface area (Å²) in [6, 6.07) is 10.3. The number of esters is 1. The first-order valence-electron chi connectivity index (χ1n) is 5.69. The van der Waals surface area contributed by atoms with E-state index in [4.69, 9.17) is 0 Å². The molecule has 0 radical (unpaired) electrons. The highest BCUT2D eigenvalue weighted by molar-refractivity contribution is 6.00. The van der Waals surface area contributed by atoms with Gasteiger partial charge in [0.25, 0.3) is 5.69 Å². The van der Waals surface area contributed by atoms with Gasteiger partial charge in [0.05, 0.1) is 12.0 Å². The molecule has 102 valence electrons. The predicted octanol–water partition coefficient (Wildman–Crippen LogP) is 2.75. The summed E-state index contributed by atoms with van der Waals surface area (Å²) >= 11 is 0. The molecule has 0 spiro atoms. The van der Waals surface area contributed by atoms with E-state index >= 15 is 0 Å². The molecule has 0 bridgehead atoms. The number of hydrogen-bond acceptors (Lipinski definition) is 5. The lowest BCUT2D eigenvalue weighted by Crippen LogP contribution is -2.04. The van der Waals surface area contributed by atoms with Crippen LogP contribution in [0.4, 0.5) is 5.69 Å². The molecule has 2 aromatic carbocycles. The highest BCUT2D eigenvalue weighted by atomic mass is 16.6. The number of aromatic hydroxyl groups is 1. The number of benzene rings is 2. The van der Waals surface area contributed by atoms with Crippen LogP contribution in [-0.2, 0) is 4.74 Å². The number of carbonyl (C=O) groups is 1. The molecule has 1 N–H and O–H groups in total. The molecule has 20 heavy (non-hydrogen) atoms. The van der Waals surface area contributed by atoms with Gasteiger partial charge in [-0.3, -0.25) is 10.1 Å². The fourth-order valence-corrected chi connectivity index (χ4v) is 1.86. The van der Waals surface area contributed by atoms with Gasteiger partial charge in [0.2, 0.25) is 0 Å². The van der Waals surface area contributed by atoms with Gasteiger partial charge in [-0.2, -0.15) is 0 Å². The minimum atomic E-state index is -0.670. The maximum absolute atomic E-state index is 11.7. The van der Waals surface area contributed by atoms with Gasteiger partial charge in [-0.15, -0.1) is 0 Å². The Bertz CT molecular complexity index is 664. The smallest absolute Gasteiger partial charge is 0.342 e. The molecule has 0 aromatic heterocycles. The third-order valence-corrected chi connectivity index (χ3v) is 2.82. The van der Waals surface area contributed by atoms with E-state index in [-0.39, 0.29) is 17.0 Å². The van der Waals surface area contributed by atoms with Crippen molar-refractivity contribution in [2.75, 3.05) is 7.11 Å². The lowest BCUT2D eigenvalue weighted by molar-refractivity contribution is -0.384. The van der Waals surface area contributed by atoms with Crippen molar-refractivity contribution in [1.29, 1.82) is 0 Å². The van der Waals surface area contributed by atoms with E-state index in [1.165, 1.54) is 37.4 Å². The minimum Gasteiger partial charge on any atom is -0.507 e. The molecule has 0 saturated carbocycles. The third-order valence-electron chi connectivity index (χ3n) is 2.82. The molecule has 2 rings (SSSR count). The second-order valence-corrected chi connectivity index (χ2v) is 4.00. The van der Waals surface area contributed by atoms with Gasteiger partial charge in [-0.25, -0.2) is 4.79 Å². The summed E-state index contributed by atoms with van der Waals surface area (Å²) in [5.41, 5.74) is 1.01. The molecular formula is C14H11NO5. The van der Waals surface area contributed by atoms with Crippen LogP contribution < -0.4 is 0 Å². The first-order valence-corrected chi connectivity index (χ1v) is 5.69. The van der Waals surface area contributed by atoms with Crippen molar-refractivity contribution < 1.29 is 19.6 Å². The van der Waals surface area contributed by atoms with Crippen LogP contribution in [0.25, 0.3) is 11.1 Å². The SMILES string of the molecule is COC(=O)c1c(O)cccc1-c1ccc([N+](=O)[O-])cc1. The van der Waals surface area contributed by atoms with E-state index in [1.54, 1.807) is 12.1 Å². The molecule has 0 aliphatic carbocycles. The number of carbonyl (C=O) groups excluding carboxylic acids is 1. The number of nitrogens with zero attached hydrogens (tertiary/aromatic N) is 1. The highest BCUT2D eigenvalue weighted by Gasteiger charge is 2.18. The van der Waals surface area contributed by atoms with Crippen molar-refractivity contribution >= 4 is 11.7 Å². The van der Waals surface area contributed by atoms with E-state index in [9.17, 15) is 20.0 Å². The molecule has 0 aliphatic heterocycles. The number of nitro groups is 1. The molecule has 6 nitrogen and oxygen atoms in total. The highest BCUT2D eigenvalue weighted by Crippen LogP contribution is 2.31. The maximum Gasteiger partial charge on any atom is 0.342 e. The molecule has 2 aromatic rings. The average Bonchev–Trinajstić information content (AvgIpc) is 2.46. The van der Waals surface area contributed by atoms with E-state index in [0.29, 0.717) is 11.1 Å². The van der Waals surface area contributed by atoms with E-state index in [2.05, 4.69) is 4.74 Å². The van der Waals surface area contributed by atoms with Crippen molar-refractivity contribution in [3.05, 3.63) is 58.1 Å². The summed E-state index contributed by atoms with van der Waals surface area (Å²) in [6.07, 6.45) is 0. The quantitative estimate of drug-likeness (QED) is 0.527. The van der Waals surface area contributed by atoms with Crippen LogP contribution in [0.2, 0.25) is 0 Å². The summed E-state index contributed by atoms with van der Waals surface area (Å²) in [4.78, 5) is 21.8. The Hall–Kier alpha value is -2.89. The van der Waals surface area contributed by atoms with Crippen molar-refractivity contribution in [2.24, 2.45) is 0 Å². The standard InChI is InChI=1S/C14H11NO5/c1-20-14(17)13-11(3-2-4-12(13)16)9-5-7-10(8-6-9)15(18)19/h2-8,16H,1H3. The first-order chi connectivity index (χ1) is 9.54. The van der Waals surface area contributed by atoms with Gasteiger partial charge in [0, 0.05) is 12.1 Å². The zero-order valence-corrected chi connectivity index (χ0v) is 10.6. The van der Waals surface area contributed by atoms with Crippen LogP contribution in [0.15, 0.2) is 42.5 Å². The lowest BCUT2D eigenvalue weighted by Gasteiger charge is -2.09. The minimum absolute atomic E-state index is 0.0313. The average molecular weight is 273 g/mol. The second kappa shape index (κ2) is 5.40. The van der Waals surface area contributed by atoms with Crippen LogP contribution in [0.3, 0.4) is 0 Å². The van der Waals surface area contributed by atoms with Crippen molar-refractivity contribution in [2.45, 2.75) is 0 Å². The molecule has 0 unspecified atom stereocenters. The maximum atomic E-state index is 11.7. The Labute approximate surface area is 114 Å². The molecule has 6 heteroatoms. The van der Waals surface area contributed by atoms with Gasteiger partial charge in [0.15, 0.2) is 0 Å². The van der Waals surface area contributed by atoms with Crippen LogP contribution in [0.5, 0.6) is 5.75 Å². The Balaban J connectivity index is 2.55. The number of phenols is 1. The molecule has 0 aliphatic rings. The van der Waals surface area contributed by atoms with Crippen molar-refractivity contribution in [3.8, 4) is 16.9 Å². The summed E-state index contributed by atoms with van der Waals surface area (Å²) in [5.74, 6) is -0.871. The largest absolute Gasteiger partial charge is 0.507 e. The number of phenolic OH excluding ortho intramolecular Hbond substituents is 1. The topological polar surface area (TPSA) is 89.7 Å². The van der Waals surface area contributed by atoms with Gasteiger partial charge < -0.3 is 9.84 Å². The number of nitro benzene ring substituents is 1. The van der Waals surface area contributed by atoms with Crippen LogP contribution in [0.1, 0.15) is 10.4 Å². The number of non-ortho nitro benzene ring substituents is 1. The normalized spacial score (nSPS) is 10.1. The number of methoxy groups -OCH3 is 1. The second-order valence-electron chi connectivity index (χ2n) is 4.00. The Morgan fingerprint density at radius 1 is 1.20 bits per heavy atom. The summed E-state index contributed by atoms with van der Waals surface area (Å²) in [5, 5.41) is 20.4. The summed E-state index contributed by atoms with van der Waals surface area (Å²) in [6.45, 7) is 0. The van der Waals surface area contributed by atoms with Crippen molar-refractivity contribution in [1.82, 2.24) is 0 Å². The van der Waals surface area contributed by atoms with E-state index in [1.807, 2.05) is 0 Å². The molecule has 0 heterocycles. The molecule has 0 amide bonds. The van der Waals surface area contributed by atoms with Gasteiger partial charge in [-0.05, 0) is 29.3 Å². The molecule has 0 atom stereocenters. The third kappa shape index (κ3) is 2.44. The van der Waals surface area contributed by atoms with Crippen LogP contribution in [0, 0.1) is 10.1 Å². The first kappa shape index (κ1) is 13.5. The molecule has 0 saturated heterocycles. The monoisotopic (exact) mass is 273 g/mol. The fourth-order valence-electron chi connectivity index (χ4n) is 1.86. The van der Waals surface area contributed by atoms with Gasteiger partial charge >= 0.3 is 5.97 Å². The number of rotatable bonds is 3. The molecular weight excluding hydrogens is 262 g/mol. The predicted molar refractivity (Wildman–Crippen MR) is 71.5 cm³/mol. The zero-order valence-electron chi connectivity index (χ0n) is 10.6. The van der Waals surface area contributed by atoms with Gasteiger partial charge in [-0.1, -0.05) is 12.1 Å². The Morgan fingerprint density at radius 2 is 1.85 bits per heavy atom. The van der Waals surface area contributed by atoms with Crippen LogP contribution in [-0.4, -0.2) is 23.1 Å². The zero-order chi connectivity index (χ0) is 14.7. The summed E-state index contributed by atoms with van der Waals surface area (Å²) < 4.78 is 4.63.